The molecule has 0 atom stereocenters. The van der Waals surface area contributed by atoms with E-state index < -0.39 is 0 Å². The third kappa shape index (κ3) is 2.79. The predicted octanol–water partition coefficient (Wildman–Crippen LogP) is 2.08. The molecule has 0 spiro atoms. The van der Waals surface area contributed by atoms with Gasteiger partial charge in [0.05, 0.1) is 10.6 Å². The molecule has 2 rings (SSSR count). The lowest BCUT2D eigenvalue weighted by Crippen LogP contribution is -2.34. The number of nitrogens with one attached hydrogen (secondary N) is 1. The van der Waals surface area contributed by atoms with Crippen LogP contribution in [0.1, 0.15) is 22.3 Å². The smallest absolute Gasteiger partial charge is 0.255 e. The Morgan fingerprint density at radius 3 is 3.00 bits per heavy atom. The summed E-state index contributed by atoms with van der Waals surface area (Å²) in [6, 6.07) is 5.60. The van der Waals surface area contributed by atoms with Gasteiger partial charge in [0.1, 0.15) is 0 Å². The average molecular weight is 253 g/mol. The molecule has 1 fully saturated rings. The Kier molecular flexibility index (Phi) is 4.02. The summed E-state index contributed by atoms with van der Waals surface area (Å²) in [5, 5.41) is 3.86. The van der Waals surface area contributed by atoms with E-state index in [4.69, 9.17) is 11.6 Å². The first-order valence-electron chi connectivity index (χ1n) is 5.95. The average Bonchev–Trinajstić information content (AvgIpc) is 2.60. The highest BCUT2D eigenvalue weighted by Crippen LogP contribution is 2.21. The molecule has 4 heteroatoms. The summed E-state index contributed by atoms with van der Waals surface area (Å²) in [6.45, 7) is 5.31. The van der Waals surface area contributed by atoms with Crippen molar-refractivity contribution in [1.29, 1.82) is 0 Å². The summed E-state index contributed by atoms with van der Waals surface area (Å²) in [5.41, 5.74) is 1.57. The van der Waals surface area contributed by atoms with E-state index in [1.807, 2.05) is 24.0 Å². The van der Waals surface area contributed by atoms with E-state index in [0.29, 0.717) is 10.6 Å². The molecule has 1 saturated heterocycles. The molecule has 92 valence electrons. The van der Waals surface area contributed by atoms with Crippen molar-refractivity contribution < 1.29 is 4.79 Å². The van der Waals surface area contributed by atoms with Crippen LogP contribution >= 0.6 is 11.6 Å². The summed E-state index contributed by atoms with van der Waals surface area (Å²) in [4.78, 5) is 14.2. The summed E-state index contributed by atoms with van der Waals surface area (Å²) < 4.78 is 0. The molecule has 0 aliphatic carbocycles. The second-order valence-corrected chi connectivity index (χ2v) is 4.71. The maximum Gasteiger partial charge on any atom is 0.255 e. The van der Waals surface area contributed by atoms with Gasteiger partial charge < -0.3 is 10.2 Å². The Balaban J connectivity index is 2.20. The minimum absolute atomic E-state index is 0.0439. The predicted molar refractivity (Wildman–Crippen MR) is 69.6 cm³/mol. The molecule has 0 bridgehead atoms. The number of carbonyl (C=O) groups excluding carboxylic acids is 1. The van der Waals surface area contributed by atoms with Crippen LogP contribution in [0.15, 0.2) is 18.2 Å². The highest BCUT2D eigenvalue weighted by Gasteiger charge is 2.19. The van der Waals surface area contributed by atoms with Crippen molar-refractivity contribution in [3.63, 3.8) is 0 Å². The van der Waals surface area contributed by atoms with Gasteiger partial charge in [-0.05, 0) is 31.5 Å². The first-order chi connectivity index (χ1) is 8.20. The van der Waals surface area contributed by atoms with E-state index in [-0.39, 0.29) is 5.91 Å². The fraction of sp³-hybridized carbons (Fsp3) is 0.462. The highest BCUT2D eigenvalue weighted by atomic mass is 35.5. The van der Waals surface area contributed by atoms with Crippen LogP contribution in [0.5, 0.6) is 0 Å². The van der Waals surface area contributed by atoms with Gasteiger partial charge in [0.2, 0.25) is 0 Å². The van der Waals surface area contributed by atoms with Crippen LogP contribution in [0, 0.1) is 6.92 Å². The van der Waals surface area contributed by atoms with Crippen LogP contribution in [0.25, 0.3) is 0 Å². The number of halogens is 1. The molecule has 0 unspecified atom stereocenters. The zero-order valence-corrected chi connectivity index (χ0v) is 10.8. The number of nitrogens with zero attached hydrogens (tertiary/aromatic N) is 1. The van der Waals surface area contributed by atoms with Gasteiger partial charge in [-0.1, -0.05) is 23.7 Å². The Bertz CT molecular complexity index is 412. The first kappa shape index (κ1) is 12.4. The Labute approximate surface area is 107 Å². The van der Waals surface area contributed by atoms with Crippen LogP contribution < -0.4 is 5.32 Å². The van der Waals surface area contributed by atoms with Crippen molar-refractivity contribution in [3.05, 3.63) is 34.3 Å². The molecule has 1 N–H and O–H groups in total. The second-order valence-electron chi connectivity index (χ2n) is 4.33. The number of amides is 1. The lowest BCUT2D eigenvalue weighted by molar-refractivity contribution is 0.0766. The fourth-order valence-corrected chi connectivity index (χ4v) is 2.24. The molecule has 1 aliphatic rings. The third-order valence-electron chi connectivity index (χ3n) is 3.05. The molecule has 0 radical (unpaired) electrons. The molecule has 0 saturated carbocycles. The van der Waals surface area contributed by atoms with Crippen LogP contribution in [0.2, 0.25) is 5.02 Å². The molecular weight excluding hydrogens is 236 g/mol. The zero-order valence-electron chi connectivity index (χ0n) is 10.0. The SMILES string of the molecule is Cc1cccc(C(=O)N2CCCNCC2)c1Cl. The number of rotatable bonds is 1. The molecular formula is C13H17ClN2O. The van der Waals surface area contributed by atoms with Gasteiger partial charge in [0, 0.05) is 19.6 Å². The van der Waals surface area contributed by atoms with Gasteiger partial charge in [-0.2, -0.15) is 0 Å². The normalized spacial score (nSPS) is 16.7. The minimum Gasteiger partial charge on any atom is -0.337 e. The van der Waals surface area contributed by atoms with E-state index in [9.17, 15) is 4.79 Å². The van der Waals surface area contributed by atoms with Gasteiger partial charge >= 0.3 is 0 Å². The molecule has 3 nitrogen and oxygen atoms in total. The molecule has 1 aromatic rings. The van der Waals surface area contributed by atoms with Gasteiger partial charge in [0.25, 0.3) is 5.91 Å². The van der Waals surface area contributed by atoms with Gasteiger partial charge in [-0.25, -0.2) is 0 Å². The monoisotopic (exact) mass is 252 g/mol. The molecule has 0 aromatic heterocycles. The van der Waals surface area contributed by atoms with Crippen molar-refractivity contribution in [3.8, 4) is 0 Å². The summed E-state index contributed by atoms with van der Waals surface area (Å²) in [5.74, 6) is 0.0439. The molecule has 1 heterocycles. The van der Waals surface area contributed by atoms with Gasteiger partial charge in [-0.3, -0.25) is 4.79 Å². The summed E-state index contributed by atoms with van der Waals surface area (Å²) in [6.07, 6.45) is 0.995. The van der Waals surface area contributed by atoms with Crippen LogP contribution in [-0.2, 0) is 0 Å². The highest BCUT2D eigenvalue weighted by molar-refractivity contribution is 6.34. The van der Waals surface area contributed by atoms with E-state index in [2.05, 4.69) is 5.32 Å². The number of aryl methyl sites for hydroxylation is 1. The third-order valence-corrected chi connectivity index (χ3v) is 3.55. The molecule has 17 heavy (non-hydrogen) atoms. The maximum absolute atomic E-state index is 12.3. The van der Waals surface area contributed by atoms with E-state index in [0.717, 1.165) is 38.2 Å². The van der Waals surface area contributed by atoms with E-state index in [1.165, 1.54) is 0 Å². The summed E-state index contributed by atoms with van der Waals surface area (Å²) >= 11 is 6.18. The van der Waals surface area contributed by atoms with Crippen LogP contribution in [0.4, 0.5) is 0 Å². The number of hydrogen-bond donors (Lipinski definition) is 1. The quantitative estimate of drug-likeness (QED) is 0.830. The van der Waals surface area contributed by atoms with Crippen LogP contribution in [0.3, 0.4) is 0 Å². The topological polar surface area (TPSA) is 32.3 Å². The second kappa shape index (κ2) is 5.52. The minimum atomic E-state index is 0.0439. The van der Waals surface area contributed by atoms with E-state index >= 15 is 0 Å². The first-order valence-corrected chi connectivity index (χ1v) is 6.33. The Hall–Kier alpha value is -1.06. The maximum atomic E-state index is 12.3. The molecule has 1 amide bonds. The molecule has 1 aromatic carbocycles. The fourth-order valence-electron chi connectivity index (χ4n) is 2.03. The van der Waals surface area contributed by atoms with E-state index in [1.54, 1.807) is 6.07 Å². The van der Waals surface area contributed by atoms with Crippen molar-refractivity contribution >= 4 is 17.5 Å². The van der Waals surface area contributed by atoms with Crippen molar-refractivity contribution in [2.75, 3.05) is 26.2 Å². The Morgan fingerprint density at radius 2 is 2.18 bits per heavy atom. The number of hydrogen-bond acceptors (Lipinski definition) is 2. The van der Waals surface area contributed by atoms with Crippen molar-refractivity contribution in [1.82, 2.24) is 10.2 Å². The Morgan fingerprint density at radius 1 is 1.35 bits per heavy atom. The number of carbonyl (C=O) groups is 1. The van der Waals surface area contributed by atoms with Crippen LogP contribution in [-0.4, -0.2) is 37.0 Å². The van der Waals surface area contributed by atoms with Crippen molar-refractivity contribution in [2.24, 2.45) is 0 Å². The zero-order chi connectivity index (χ0) is 12.3. The summed E-state index contributed by atoms with van der Waals surface area (Å²) in [7, 11) is 0. The number of benzene rings is 1. The largest absolute Gasteiger partial charge is 0.337 e. The van der Waals surface area contributed by atoms with Gasteiger partial charge in [0.15, 0.2) is 0 Å². The lowest BCUT2D eigenvalue weighted by Gasteiger charge is -2.20. The van der Waals surface area contributed by atoms with Crippen molar-refractivity contribution in [2.45, 2.75) is 13.3 Å². The lowest BCUT2D eigenvalue weighted by atomic mass is 10.1. The standard InChI is InChI=1S/C13H17ClN2O/c1-10-4-2-5-11(12(10)14)13(17)16-8-3-6-15-7-9-16/h2,4-5,15H,3,6-9H2,1H3. The molecule has 1 aliphatic heterocycles. The van der Waals surface area contributed by atoms with Gasteiger partial charge in [-0.15, -0.1) is 0 Å².